The topological polar surface area (TPSA) is 113 Å². The van der Waals surface area contributed by atoms with E-state index < -0.39 is 24.5 Å². The van der Waals surface area contributed by atoms with Crippen LogP contribution in [0.2, 0.25) is 0 Å². The fourth-order valence-electron chi connectivity index (χ4n) is 0.693. The molecular formula is C8H14O7. The molecule has 1 aliphatic heterocycles. The Kier molecular flexibility index (Phi) is 7.51. The first-order valence-electron chi connectivity index (χ1n) is 4.32. The molecule has 1 rings (SSSR count). The average Bonchev–Trinajstić information content (AvgIpc) is 2.20. The SMILES string of the molecule is C1COCCO1.O=C(O)CC(O)C(=O)O. The first-order chi connectivity index (χ1) is 7.04. The Balaban J connectivity index is 0.000000280. The van der Waals surface area contributed by atoms with Gasteiger partial charge in [0, 0.05) is 0 Å². The van der Waals surface area contributed by atoms with Gasteiger partial charge in [0.05, 0.1) is 32.8 Å². The molecule has 3 N–H and O–H groups in total. The van der Waals surface area contributed by atoms with Gasteiger partial charge in [-0.1, -0.05) is 0 Å². The zero-order chi connectivity index (χ0) is 11.7. The van der Waals surface area contributed by atoms with Gasteiger partial charge in [-0.15, -0.1) is 0 Å². The van der Waals surface area contributed by atoms with Gasteiger partial charge in [-0.2, -0.15) is 0 Å². The van der Waals surface area contributed by atoms with Crippen molar-refractivity contribution in [2.24, 2.45) is 0 Å². The van der Waals surface area contributed by atoms with Crippen LogP contribution in [-0.2, 0) is 19.1 Å². The van der Waals surface area contributed by atoms with E-state index in [0.29, 0.717) is 0 Å². The maximum atomic E-state index is 9.72. The van der Waals surface area contributed by atoms with Crippen LogP contribution in [0.3, 0.4) is 0 Å². The minimum Gasteiger partial charge on any atom is -0.481 e. The van der Waals surface area contributed by atoms with Crippen LogP contribution in [0, 0.1) is 0 Å². The van der Waals surface area contributed by atoms with E-state index in [4.69, 9.17) is 24.8 Å². The number of aliphatic hydroxyl groups excluding tert-OH is 1. The fourth-order valence-corrected chi connectivity index (χ4v) is 0.693. The number of carboxylic acid groups (broad SMARTS) is 2. The molecule has 1 aliphatic rings. The summed E-state index contributed by atoms with van der Waals surface area (Å²) in [6, 6.07) is 0. The van der Waals surface area contributed by atoms with Crippen molar-refractivity contribution < 1.29 is 34.4 Å². The van der Waals surface area contributed by atoms with Gasteiger partial charge >= 0.3 is 11.9 Å². The molecule has 0 bridgehead atoms. The van der Waals surface area contributed by atoms with E-state index in [9.17, 15) is 9.59 Å². The lowest BCUT2D eigenvalue weighted by Crippen LogP contribution is -2.22. The van der Waals surface area contributed by atoms with E-state index in [-0.39, 0.29) is 0 Å². The molecule has 0 aromatic heterocycles. The lowest BCUT2D eigenvalue weighted by atomic mass is 10.3. The Labute approximate surface area is 86.2 Å². The summed E-state index contributed by atoms with van der Waals surface area (Å²) < 4.78 is 9.89. The minimum absolute atomic E-state index is 0.755. The van der Waals surface area contributed by atoms with E-state index in [1.807, 2.05) is 0 Å². The fraction of sp³-hybridized carbons (Fsp3) is 0.750. The maximum Gasteiger partial charge on any atom is 0.333 e. The van der Waals surface area contributed by atoms with Gasteiger partial charge < -0.3 is 24.8 Å². The molecular weight excluding hydrogens is 208 g/mol. The summed E-state index contributed by atoms with van der Waals surface area (Å²) in [7, 11) is 0. The van der Waals surface area contributed by atoms with E-state index in [0.717, 1.165) is 26.4 Å². The summed E-state index contributed by atoms with van der Waals surface area (Å²) >= 11 is 0. The normalized spacial score (nSPS) is 17.1. The molecule has 0 radical (unpaired) electrons. The number of aliphatic hydroxyl groups is 1. The largest absolute Gasteiger partial charge is 0.481 e. The number of rotatable bonds is 3. The van der Waals surface area contributed by atoms with Crippen LogP contribution in [0.4, 0.5) is 0 Å². The Hall–Kier alpha value is -1.18. The molecule has 7 heteroatoms. The highest BCUT2D eigenvalue weighted by Gasteiger charge is 2.16. The Bertz CT molecular complexity index is 188. The highest BCUT2D eigenvalue weighted by Crippen LogP contribution is 1.89. The molecule has 1 heterocycles. The monoisotopic (exact) mass is 222 g/mol. The van der Waals surface area contributed by atoms with Crippen molar-refractivity contribution in [2.45, 2.75) is 12.5 Å². The van der Waals surface area contributed by atoms with Crippen LogP contribution >= 0.6 is 0 Å². The van der Waals surface area contributed by atoms with Crippen LogP contribution in [-0.4, -0.2) is 59.8 Å². The molecule has 0 saturated carbocycles. The summed E-state index contributed by atoms with van der Waals surface area (Å²) in [5.74, 6) is -2.85. The molecule has 1 unspecified atom stereocenters. The summed E-state index contributed by atoms with van der Waals surface area (Å²) in [6.07, 6.45) is -2.54. The number of aliphatic carboxylic acids is 2. The second-order valence-corrected chi connectivity index (χ2v) is 2.68. The molecule has 1 atom stereocenters. The number of hydrogen-bond donors (Lipinski definition) is 3. The predicted octanol–water partition coefficient (Wildman–Crippen LogP) is -1.06. The highest BCUT2D eigenvalue weighted by molar-refractivity contribution is 5.79. The molecule has 7 nitrogen and oxygen atoms in total. The quantitative estimate of drug-likeness (QED) is 0.557. The van der Waals surface area contributed by atoms with Crippen molar-refractivity contribution in [3.8, 4) is 0 Å². The average molecular weight is 222 g/mol. The van der Waals surface area contributed by atoms with Gasteiger partial charge in [0.15, 0.2) is 6.10 Å². The minimum atomic E-state index is -1.79. The van der Waals surface area contributed by atoms with Gasteiger partial charge in [-0.25, -0.2) is 4.79 Å². The van der Waals surface area contributed by atoms with Crippen LogP contribution in [0.1, 0.15) is 6.42 Å². The lowest BCUT2D eigenvalue weighted by molar-refractivity contribution is -0.152. The van der Waals surface area contributed by atoms with Gasteiger partial charge in [-0.3, -0.25) is 4.79 Å². The summed E-state index contributed by atoms with van der Waals surface area (Å²) in [4.78, 5) is 19.4. The number of ether oxygens (including phenoxy) is 2. The first-order valence-corrected chi connectivity index (χ1v) is 4.32. The first kappa shape index (κ1) is 13.8. The second-order valence-electron chi connectivity index (χ2n) is 2.68. The molecule has 1 fully saturated rings. The number of hydrogen-bond acceptors (Lipinski definition) is 5. The number of carbonyl (C=O) groups is 2. The third kappa shape index (κ3) is 9.13. The Morgan fingerprint density at radius 1 is 1.07 bits per heavy atom. The van der Waals surface area contributed by atoms with Crippen LogP contribution in [0.15, 0.2) is 0 Å². The van der Waals surface area contributed by atoms with E-state index in [1.165, 1.54) is 0 Å². The summed E-state index contributed by atoms with van der Waals surface area (Å²) in [5.41, 5.74) is 0. The molecule has 0 aliphatic carbocycles. The predicted molar refractivity (Wildman–Crippen MR) is 47.5 cm³/mol. The van der Waals surface area contributed by atoms with Gasteiger partial charge in [-0.05, 0) is 0 Å². The standard InChI is InChI=1S/C4H6O5.C4H8O2/c5-2(4(8)9)1-3(6)7;1-2-6-4-3-5-1/h2,5H,1H2,(H,6,7)(H,8,9);1-4H2. The van der Waals surface area contributed by atoms with Crippen molar-refractivity contribution in [3.05, 3.63) is 0 Å². The van der Waals surface area contributed by atoms with Gasteiger partial charge in [0.2, 0.25) is 0 Å². The van der Waals surface area contributed by atoms with Crippen LogP contribution < -0.4 is 0 Å². The molecule has 88 valence electrons. The van der Waals surface area contributed by atoms with Gasteiger partial charge in [0.1, 0.15) is 0 Å². The lowest BCUT2D eigenvalue weighted by Gasteiger charge is -2.09. The van der Waals surface area contributed by atoms with Gasteiger partial charge in [0.25, 0.3) is 0 Å². The second kappa shape index (κ2) is 8.16. The van der Waals surface area contributed by atoms with E-state index >= 15 is 0 Å². The van der Waals surface area contributed by atoms with Crippen molar-refractivity contribution in [2.75, 3.05) is 26.4 Å². The zero-order valence-corrected chi connectivity index (χ0v) is 8.09. The number of carboxylic acids is 2. The van der Waals surface area contributed by atoms with Crippen molar-refractivity contribution >= 4 is 11.9 Å². The Morgan fingerprint density at radius 3 is 1.60 bits per heavy atom. The molecule has 0 amide bonds. The zero-order valence-electron chi connectivity index (χ0n) is 8.09. The molecule has 15 heavy (non-hydrogen) atoms. The Morgan fingerprint density at radius 2 is 1.47 bits per heavy atom. The molecule has 0 aromatic rings. The van der Waals surface area contributed by atoms with E-state index in [1.54, 1.807) is 0 Å². The summed E-state index contributed by atoms with van der Waals surface area (Å²) in [5, 5.41) is 24.1. The smallest absolute Gasteiger partial charge is 0.333 e. The highest BCUT2D eigenvalue weighted by atomic mass is 16.6. The van der Waals surface area contributed by atoms with E-state index in [2.05, 4.69) is 0 Å². The maximum absolute atomic E-state index is 9.72. The van der Waals surface area contributed by atoms with Crippen molar-refractivity contribution in [3.63, 3.8) is 0 Å². The van der Waals surface area contributed by atoms with Crippen LogP contribution in [0.5, 0.6) is 0 Å². The molecule has 0 aromatic carbocycles. The third-order valence-electron chi connectivity index (χ3n) is 1.40. The van der Waals surface area contributed by atoms with Crippen molar-refractivity contribution in [1.29, 1.82) is 0 Å². The summed E-state index contributed by atoms with van der Waals surface area (Å²) in [6.45, 7) is 3.11. The van der Waals surface area contributed by atoms with Crippen LogP contribution in [0.25, 0.3) is 0 Å². The molecule has 0 spiro atoms. The van der Waals surface area contributed by atoms with Crippen molar-refractivity contribution in [1.82, 2.24) is 0 Å². The third-order valence-corrected chi connectivity index (χ3v) is 1.40. The molecule has 1 saturated heterocycles.